The predicted molar refractivity (Wildman–Crippen MR) is 98.2 cm³/mol. The van der Waals surface area contributed by atoms with Crippen molar-refractivity contribution >= 4 is 21.5 Å². The number of hydrogen-bond acceptors (Lipinski definition) is 0. The Bertz CT molecular complexity index is 718. The van der Waals surface area contributed by atoms with Gasteiger partial charge in [-0.1, -0.05) is 85.0 Å². The Kier molecular flexibility index (Phi) is 7.23. The van der Waals surface area contributed by atoms with Crippen molar-refractivity contribution in [2.24, 2.45) is 0 Å². The molecule has 23 heavy (non-hydrogen) atoms. The summed E-state index contributed by atoms with van der Waals surface area (Å²) in [7, 11) is 0. The second kappa shape index (κ2) is 9.43. The quantitative estimate of drug-likeness (QED) is 0.230. The summed E-state index contributed by atoms with van der Waals surface area (Å²) >= 11 is 0. The fourth-order valence-electron chi connectivity index (χ4n) is 2.81. The van der Waals surface area contributed by atoms with Gasteiger partial charge in [0.15, 0.2) is 0 Å². The van der Waals surface area contributed by atoms with E-state index < -0.39 is 0 Å². The maximum atomic E-state index is 2.27. The van der Waals surface area contributed by atoms with Crippen molar-refractivity contribution in [1.82, 2.24) is 0 Å². The van der Waals surface area contributed by atoms with Gasteiger partial charge in [0.25, 0.3) is 0 Å². The van der Waals surface area contributed by atoms with E-state index in [1.165, 1.54) is 47.2 Å². The third-order valence-corrected chi connectivity index (χ3v) is 3.99. The van der Waals surface area contributed by atoms with E-state index in [0.29, 0.717) is 0 Å². The normalized spacial score (nSPS) is 13.6. The third-order valence-electron chi connectivity index (χ3n) is 3.99. The van der Waals surface area contributed by atoms with E-state index in [2.05, 4.69) is 85.0 Å². The minimum atomic E-state index is 0. The van der Waals surface area contributed by atoms with Gasteiger partial charge in [-0.3, -0.25) is 0 Å². The van der Waals surface area contributed by atoms with Gasteiger partial charge < -0.3 is 0 Å². The Hall–Kier alpha value is -1.72. The molecule has 112 valence electrons. The molecule has 3 aromatic rings. The first-order chi connectivity index (χ1) is 10.9. The summed E-state index contributed by atoms with van der Waals surface area (Å²) in [4.78, 5) is 0. The molecule has 1 aliphatic rings. The van der Waals surface area contributed by atoms with Gasteiger partial charge in [0.05, 0.1) is 0 Å². The zero-order valence-corrected chi connectivity index (χ0v) is 15.0. The first-order valence-corrected chi connectivity index (χ1v) is 8.12. The molecule has 0 nitrogen and oxygen atoms in total. The second-order valence-electron chi connectivity index (χ2n) is 5.61. The van der Waals surface area contributed by atoms with Crippen molar-refractivity contribution in [2.75, 3.05) is 0 Å². The number of fused-ring (bicyclic) bond motifs is 3. The Morgan fingerprint density at radius 1 is 0.435 bits per heavy atom. The number of benzene rings is 3. The molecule has 0 amide bonds. The van der Waals surface area contributed by atoms with Crippen molar-refractivity contribution in [3.05, 3.63) is 85.0 Å². The minimum Gasteiger partial charge on any atom is -0.0882 e. The molecule has 0 atom stereocenters. The van der Waals surface area contributed by atoms with Crippen LogP contribution in [0.3, 0.4) is 0 Å². The maximum Gasteiger partial charge on any atom is 6.00 e. The predicted octanol–water partition coefficient (Wildman–Crippen LogP) is 6.66. The van der Waals surface area contributed by atoms with Crippen LogP contribution >= 0.6 is 0 Å². The summed E-state index contributed by atoms with van der Waals surface area (Å²) < 4.78 is 0. The first kappa shape index (κ1) is 17.6. The summed E-state index contributed by atoms with van der Waals surface area (Å²) in [6.07, 6.45) is 14.0. The Morgan fingerprint density at radius 2 is 0.783 bits per heavy atom. The van der Waals surface area contributed by atoms with Crippen molar-refractivity contribution in [3.63, 3.8) is 0 Å². The van der Waals surface area contributed by atoms with Gasteiger partial charge in [-0.25, -0.2) is 0 Å². The van der Waals surface area contributed by atoms with Crippen LogP contribution < -0.4 is 0 Å². The van der Waals surface area contributed by atoms with E-state index in [4.69, 9.17) is 0 Å². The fourth-order valence-corrected chi connectivity index (χ4v) is 2.81. The van der Waals surface area contributed by atoms with E-state index in [1.807, 2.05) is 0 Å². The topological polar surface area (TPSA) is 0 Å². The molecule has 1 heteroatoms. The Balaban J connectivity index is 0.000000185. The average Bonchev–Trinajstić information content (AvgIpc) is 2.55. The van der Waals surface area contributed by atoms with Crippen LogP contribution in [-0.4, -0.2) is 0 Å². The average molecular weight is 387 g/mol. The van der Waals surface area contributed by atoms with Crippen LogP contribution in [0, 0.1) is 0 Å². The summed E-state index contributed by atoms with van der Waals surface area (Å²) in [5.74, 6) is 0. The van der Waals surface area contributed by atoms with Crippen LogP contribution in [0.1, 0.15) is 25.7 Å². The molecule has 0 bridgehead atoms. The summed E-state index contributed by atoms with van der Waals surface area (Å²) in [6, 6.07) is 21.4. The van der Waals surface area contributed by atoms with Crippen LogP contribution in [0.25, 0.3) is 21.5 Å². The van der Waals surface area contributed by atoms with E-state index in [0.717, 1.165) is 0 Å². The van der Waals surface area contributed by atoms with Gasteiger partial charge >= 0.3 is 19.5 Å². The molecule has 0 saturated carbocycles. The molecule has 0 fully saturated rings. The molecule has 0 aliphatic heterocycles. The monoisotopic (exact) mass is 388 g/mol. The zero-order valence-electron chi connectivity index (χ0n) is 13.3. The third kappa shape index (κ3) is 4.88. The largest absolute Gasteiger partial charge is 6.00 e. The smallest absolute Gasteiger partial charge is 0.0882 e. The van der Waals surface area contributed by atoms with Crippen LogP contribution in [0.5, 0.6) is 0 Å². The summed E-state index contributed by atoms with van der Waals surface area (Å²) in [5, 5.41) is 5.30. The van der Waals surface area contributed by atoms with Gasteiger partial charge in [-0.05, 0) is 47.2 Å². The van der Waals surface area contributed by atoms with Crippen LogP contribution in [0.15, 0.2) is 85.0 Å². The minimum absolute atomic E-state index is 0. The molecule has 0 heterocycles. The maximum absolute atomic E-state index is 2.27. The first-order valence-electron chi connectivity index (χ1n) is 8.12. The van der Waals surface area contributed by atoms with Crippen LogP contribution in [0.4, 0.5) is 0 Å². The number of allylic oxidation sites excluding steroid dienone is 4. The molecule has 0 spiro atoms. The molecule has 0 radical (unpaired) electrons. The van der Waals surface area contributed by atoms with Crippen molar-refractivity contribution < 1.29 is 19.5 Å². The van der Waals surface area contributed by atoms with Gasteiger partial charge in [-0.15, -0.1) is 0 Å². The molecule has 0 saturated heterocycles. The summed E-state index contributed by atoms with van der Waals surface area (Å²) in [5.41, 5.74) is 0. The van der Waals surface area contributed by atoms with Crippen LogP contribution in [-0.2, 0) is 19.5 Å². The van der Waals surface area contributed by atoms with Crippen molar-refractivity contribution in [2.45, 2.75) is 25.7 Å². The zero-order chi connectivity index (χ0) is 15.0. The molecule has 0 aromatic heterocycles. The van der Waals surface area contributed by atoms with Crippen LogP contribution in [0.2, 0.25) is 0 Å². The molecule has 4 rings (SSSR count). The van der Waals surface area contributed by atoms with E-state index >= 15 is 0 Å². The van der Waals surface area contributed by atoms with E-state index in [-0.39, 0.29) is 19.5 Å². The molecule has 0 unspecified atom stereocenters. The standard InChI is InChI=1S/C14H10.C8H12.Ru/c1-3-7-13-11(5-1)9-10-12-6-2-4-8-14(12)13;1-2-4-6-8-7-5-3-1;/h1-10H;1-2,7-8H,3-6H2;/q;;+6. The SMILES string of the molecule is C1=CCCC=CCC1.[Ru+6].c1ccc2c(c1)ccc1ccccc12. The number of rotatable bonds is 0. The second-order valence-corrected chi connectivity index (χ2v) is 5.61. The van der Waals surface area contributed by atoms with Crippen molar-refractivity contribution in [1.29, 1.82) is 0 Å². The van der Waals surface area contributed by atoms with E-state index in [1.54, 1.807) is 0 Å². The summed E-state index contributed by atoms with van der Waals surface area (Å²) in [6.45, 7) is 0. The molecular weight excluding hydrogens is 365 g/mol. The van der Waals surface area contributed by atoms with Gasteiger partial charge in [0, 0.05) is 0 Å². The molecule has 0 N–H and O–H groups in total. The van der Waals surface area contributed by atoms with Crippen molar-refractivity contribution in [3.8, 4) is 0 Å². The van der Waals surface area contributed by atoms with Gasteiger partial charge in [-0.2, -0.15) is 0 Å². The fraction of sp³-hybridized carbons (Fsp3) is 0.182. The molecule has 1 aliphatic carbocycles. The van der Waals surface area contributed by atoms with Gasteiger partial charge in [0.1, 0.15) is 0 Å². The Morgan fingerprint density at radius 3 is 1.17 bits per heavy atom. The number of hydrogen-bond donors (Lipinski definition) is 0. The molecule has 3 aromatic carbocycles. The molecular formula is C22H22Ru+6. The van der Waals surface area contributed by atoms with E-state index in [9.17, 15) is 0 Å². The van der Waals surface area contributed by atoms with Gasteiger partial charge in [0.2, 0.25) is 0 Å². The Labute approximate surface area is 151 Å².